The number of nitrogens with one attached hydrogen (secondary N) is 1. The second kappa shape index (κ2) is 8.09. The topological polar surface area (TPSA) is 93.9 Å². The zero-order valence-corrected chi connectivity index (χ0v) is 13.5. The highest BCUT2D eigenvalue weighted by atomic mass is 35.5. The number of rotatable bonds is 6. The van der Waals surface area contributed by atoms with Gasteiger partial charge in [0.25, 0.3) is 5.69 Å². The van der Waals surface area contributed by atoms with E-state index in [2.05, 4.69) is 15.0 Å². The van der Waals surface area contributed by atoms with Gasteiger partial charge in [-0.2, -0.15) is 0 Å². The normalized spacial score (nSPS) is 15.2. The van der Waals surface area contributed by atoms with Crippen LogP contribution >= 0.6 is 11.6 Å². The van der Waals surface area contributed by atoms with Gasteiger partial charge in [-0.25, -0.2) is 4.79 Å². The first-order valence-electron chi connectivity index (χ1n) is 7.13. The lowest BCUT2D eigenvalue weighted by Crippen LogP contribution is -2.39. The van der Waals surface area contributed by atoms with Crippen LogP contribution < -0.4 is 5.32 Å². The first kappa shape index (κ1) is 17.5. The predicted octanol–water partition coefficient (Wildman–Crippen LogP) is 1.78. The van der Waals surface area contributed by atoms with Crippen LogP contribution in [-0.2, 0) is 9.47 Å². The number of benzene rings is 1. The smallest absolute Gasteiger partial charge is 0.339 e. The van der Waals surface area contributed by atoms with Gasteiger partial charge in [-0.05, 0) is 6.07 Å². The maximum Gasteiger partial charge on any atom is 0.339 e. The third-order valence-corrected chi connectivity index (χ3v) is 3.85. The highest BCUT2D eigenvalue weighted by Crippen LogP contribution is 2.31. The summed E-state index contributed by atoms with van der Waals surface area (Å²) in [4.78, 5) is 24.4. The summed E-state index contributed by atoms with van der Waals surface area (Å²) < 4.78 is 9.83. The molecule has 0 aliphatic carbocycles. The van der Waals surface area contributed by atoms with Crippen LogP contribution in [0.4, 0.5) is 11.4 Å². The molecule has 1 heterocycles. The van der Waals surface area contributed by atoms with Crippen LogP contribution in [0, 0.1) is 10.1 Å². The van der Waals surface area contributed by atoms with E-state index in [1.165, 1.54) is 13.2 Å². The molecule has 1 aliphatic heterocycles. The number of morpholine rings is 1. The highest BCUT2D eigenvalue weighted by Gasteiger charge is 2.21. The van der Waals surface area contributed by atoms with Crippen molar-refractivity contribution >= 4 is 28.9 Å². The van der Waals surface area contributed by atoms with Crippen LogP contribution in [-0.4, -0.2) is 62.3 Å². The largest absolute Gasteiger partial charge is 0.465 e. The highest BCUT2D eigenvalue weighted by molar-refractivity contribution is 6.34. The molecule has 1 N–H and O–H groups in total. The lowest BCUT2D eigenvalue weighted by molar-refractivity contribution is -0.384. The number of ether oxygens (including phenoxy) is 2. The maximum absolute atomic E-state index is 11.6. The summed E-state index contributed by atoms with van der Waals surface area (Å²) in [6, 6.07) is 2.51. The second-order valence-electron chi connectivity index (χ2n) is 4.98. The van der Waals surface area contributed by atoms with Gasteiger partial charge in [0.05, 0.1) is 35.8 Å². The van der Waals surface area contributed by atoms with Gasteiger partial charge in [0.1, 0.15) is 5.69 Å². The molecule has 0 spiro atoms. The van der Waals surface area contributed by atoms with Crippen LogP contribution in [0.1, 0.15) is 10.4 Å². The maximum atomic E-state index is 11.6. The Morgan fingerprint density at radius 3 is 2.78 bits per heavy atom. The molecule has 1 aromatic rings. The number of carbonyl (C=O) groups is 1. The number of nitrogens with zero attached hydrogens (tertiary/aromatic N) is 2. The van der Waals surface area contributed by atoms with Crippen LogP contribution in [0.25, 0.3) is 0 Å². The number of carbonyl (C=O) groups excluding carboxylic acids is 1. The third kappa shape index (κ3) is 4.54. The van der Waals surface area contributed by atoms with Crippen LogP contribution in [0.3, 0.4) is 0 Å². The average Bonchev–Trinajstić information content (AvgIpc) is 2.55. The number of methoxy groups -OCH3 is 1. The van der Waals surface area contributed by atoms with Crippen molar-refractivity contribution < 1.29 is 19.2 Å². The Hall–Kier alpha value is -1.90. The molecule has 0 unspecified atom stereocenters. The van der Waals surface area contributed by atoms with Crippen molar-refractivity contribution in [1.29, 1.82) is 0 Å². The molecule has 23 heavy (non-hydrogen) atoms. The summed E-state index contributed by atoms with van der Waals surface area (Å²) in [5.74, 6) is -0.710. The van der Waals surface area contributed by atoms with Crippen LogP contribution in [0.15, 0.2) is 12.1 Å². The first-order valence-corrected chi connectivity index (χ1v) is 7.51. The molecule has 0 radical (unpaired) electrons. The summed E-state index contributed by atoms with van der Waals surface area (Å²) in [5.41, 5.74) is 0.0392. The van der Waals surface area contributed by atoms with Gasteiger partial charge in [0.15, 0.2) is 0 Å². The monoisotopic (exact) mass is 343 g/mol. The van der Waals surface area contributed by atoms with E-state index < -0.39 is 10.9 Å². The van der Waals surface area contributed by atoms with Gasteiger partial charge < -0.3 is 14.8 Å². The summed E-state index contributed by atoms with van der Waals surface area (Å²) in [6.45, 7) is 4.32. The Bertz CT molecular complexity index is 590. The molecule has 126 valence electrons. The van der Waals surface area contributed by atoms with Crippen molar-refractivity contribution in [2.24, 2.45) is 0 Å². The van der Waals surface area contributed by atoms with Gasteiger partial charge in [0.2, 0.25) is 0 Å². The quantitative estimate of drug-likeness (QED) is 0.478. The Morgan fingerprint density at radius 1 is 1.48 bits per heavy atom. The molecule has 2 rings (SSSR count). The van der Waals surface area contributed by atoms with Gasteiger partial charge >= 0.3 is 5.97 Å². The number of anilines is 1. The van der Waals surface area contributed by atoms with E-state index in [1.807, 2.05) is 0 Å². The van der Waals surface area contributed by atoms with Crippen LogP contribution in [0.5, 0.6) is 0 Å². The molecular formula is C14H18ClN3O5. The fourth-order valence-corrected chi connectivity index (χ4v) is 2.54. The third-order valence-electron chi connectivity index (χ3n) is 3.53. The molecule has 0 aromatic heterocycles. The number of hydrogen-bond donors (Lipinski definition) is 1. The number of nitro groups is 1. The summed E-state index contributed by atoms with van der Waals surface area (Å²) >= 11 is 6.02. The standard InChI is InChI=1S/C14H18ClN3O5/c1-22-14(19)10-8-13(18(20)21)12(9-11(10)15)16-2-3-17-4-6-23-7-5-17/h8-9,16H,2-7H2,1H3. The van der Waals surface area contributed by atoms with Gasteiger partial charge in [-0.1, -0.05) is 11.6 Å². The zero-order valence-electron chi connectivity index (χ0n) is 12.7. The molecule has 0 atom stereocenters. The van der Waals surface area contributed by atoms with Crippen molar-refractivity contribution in [1.82, 2.24) is 4.90 Å². The first-order chi connectivity index (χ1) is 11.0. The molecule has 0 saturated carbocycles. The van der Waals surface area contributed by atoms with E-state index in [0.717, 1.165) is 25.7 Å². The molecular weight excluding hydrogens is 326 g/mol. The molecule has 9 heteroatoms. The van der Waals surface area contributed by atoms with Gasteiger partial charge in [-0.15, -0.1) is 0 Å². The summed E-state index contributed by atoms with van der Waals surface area (Å²) in [5, 5.41) is 14.3. The fourth-order valence-electron chi connectivity index (χ4n) is 2.29. The average molecular weight is 344 g/mol. The van der Waals surface area contributed by atoms with Crippen molar-refractivity contribution in [2.75, 3.05) is 51.8 Å². The number of nitro benzene ring substituents is 1. The SMILES string of the molecule is COC(=O)c1cc([N+](=O)[O-])c(NCCN2CCOCC2)cc1Cl. The number of hydrogen-bond acceptors (Lipinski definition) is 7. The lowest BCUT2D eigenvalue weighted by Gasteiger charge is -2.26. The minimum atomic E-state index is -0.710. The Labute approximate surface area is 138 Å². The summed E-state index contributed by atoms with van der Waals surface area (Å²) in [6.07, 6.45) is 0. The molecule has 8 nitrogen and oxygen atoms in total. The van der Waals surface area contributed by atoms with Crippen molar-refractivity contribution in [3.63, 3.8) is 0 Å². The Kier molecular flexibility index (Phi) is 6.14. The molecule has 1 fully saturated rings. The fraction of sp³-hybridized carbons (Fsp3) is 0.500. The Morgan fingerprint density at radius 2 is 2.17 bits per heavy atom. The molecule has 1 aromatic carbocycles. The second-order valence-corrected chi connectivity index (χ2v) is 5.39. The van der Waals surface area contributed by atoms with E-state index in [4.69, 9.17) is 16.3 Å². The molecule has 1 saturated heterocycles. The van der Waals surface area contributed by atoms with E-state index >= 15 is 0 Å². The minimum Gasteiger partial charge on any atom is -0.465 e. The van der Waals surface area contributed by atoms with Crippen molar-refractivity contribution in [3.05, 3.63) is 32.8 Å². The minimum absolute atomic E-state index is 0.0282. The molecule has 1 aliphatic rings. The van der Waals surface area contributed by atoms with Crippen molar-refractivity contribution in [2.45, 2.75) is 0 Å². The Balaban J connectivity index is 2.09. The van der Waals surface area contributed by atoms with Gasteiger partial charge in [-0.3, -0.25) is 15.0 Å². The summed E-state index contributed by atoms with van der Waals surface area (Å²) in [7, 11) is 1.19. The zero-order chi connectivity index (χ0) is 16.8. The van der Waals surface area contributed by atoms with Gasteiger partial charge in [0, 0.05) is 32.2 Å². The molecule has 0 bridgehead atoms. The van der Waals surface area contributed by atoms with Crippen molar-refractivity contribution in [3.8, 4) is 0 Å². The van der Waals surface area contributed by atoms with E-state index in [9.17, 15) is 14.9 Å². The van der Waals surface area contributed by atoms with E-state index in [-0.39, 0.29) is 22.0 Å². The molecule has 0 amide bonds. The van der Waals surface area contributed by atoms with E-state index in [1.54, 1.807) is 0 Å². The number of esters is 1. The number of halogens is 1. The lowest BCUT2D eigenvalue weighted by atomic mass is 10.1. The predicted molar refractivity (Wildman–Crippen MR) is 85.2 cm³/mol. The van der Waals surface area contributed by atoms with Crippen LogP contribution in [0.2, 0.25) is 5.02 Å². The van der Waals surface area contributed by atoms with E-state index in [0.29, 0.717) is 19.8 Å².